The highest BCUT2D eigenvalue weighted by Gasteiger charge is 2.22. The maximum Gasteiger partial charge on any atom is 0.260 e. The van der Waals surface area contributed by atoms with Crippen LogP contribution in [0.15, 0.2) is 83.5 Å². The summed E-state index contributed by atoms with van der Waals surface area (Å²) in [5.74, 6) is 1.03. The molecule has 3 rings (SSSR count). The molecule has 2 aromatic carbocycles. The van der Waals surface area contributed by atoms with Gasteiger partial charge in [0, 0.05) is 13.1 Å². The summed E-state index contributed by atoms with van der Waals surface area (Å²) in [6.07, 6.45) is 3.09. The van der Waals surface area contributed by atoms with E-state index in [1.807, 2.05) is 67.6 Å². The molecule has 1 heterocycles. The van der Waals surface area contributed by atoms with E-state index >= 15 is 0 Å². The van der Waals surface area contributed by atoms with Crippen molar-refractivity contribution in [2.45, 2.75) is 26.3 Å². The molecule has 1 aromatic heterocycles. The van der Waals surface area contributed by atoms with Crippen molar-refractivity contribution in [1.29, 1.82) is 0 Å². The molecule has 0 aliphatic rings. The van der Waals surface area contributed by atoms with Gasteiger partial charge in [0.2, 0.25) is 5.91 Å². The van der Waals surface area contributed by atoms with Gasteiger partial charge in [-0.05, 0) is 42.7 Å². The Morgan fingerprint density at radius 2 is 1.56 bits per heavy atom. The van der Waals surface area contributed by atoms with Crippen molar-refractivity contribution in [2.75, 3.05) is 26.2 Å². The van der Waals surface area contributed by atoms with Gasteiger partial charge in [0.05, 0.1) is 19.4 Å². The van der Waals surface area contributed by atoms with E-state index in [1.54, 1.807) is 28.2 Å². The number of ether oxygens (including phenoxy) is 1. The Morgan fingerprint density at radius 3 is 2.22 bits per heavy atom. The van der Waals surface area contributed by atoms with Gasteiger partial charge in [0.25, 0.3) is 5.91 Å². The van der Waals surface area contributed by atoms with Crippen molar-refractivity contribution in [1.82, 2.24) is 9.80 Å². The number of carbonyl (C=O) groups is 2. The second-order valence-electron chi connectivity index (χ2n) is 7.55. The molecule has 6 heteroatoms. The summed E-state index contributed by atoms with van der Waals surface area (Å²) in [6, 6.07) is 22.9. The molecule has 0 aliphatic heterocycles. The van der Waals surface area contributed by atoms with Gasteiger partial charge >= 0.3 is 0 Å². The van der Waals surface area contributed by atoms with Crippen LogP contribution in [0.4, 0.5) is 0 Å². The summed E-state index contributed by atoms with van der Waals surface area (Å²) in [6.45, 7) is 3.31. The van der Waals surface area contributed by atoms with Crippen LogP contribution in [0.5, 0.6) is 5.75 Å². The molecule has 3 aromatic rings. The molecule has 0 N–H and O–H groups in total. The number of carbonyl (C=O) groups excluding carboxylic acids is 2. The van der Waals surface area contributed by atoms with Crippen LogP contribution in [-0.4, -0.2) is 47.9 Å². The Balaban J connectivity index is 1.63. The van der Waals surface area contributed by atoms with Crippen LogP contribution in [-0.2, 0) is 22.6 Å². The average Bonchev–Trinajstić information content (AvgIpc) is 3.34. The number of hydrogen-bond donors (Lipinski definition) is 0. The highest BCUT2D eigenvalue weighted by Crippen LogP contribution is 2.11. The van der Waals surface area contributed by atoms with Crippen molar-refractivity contribution >= 4 is 11.8 Å². The Morgan fingerprint density at radius 1 is 0.844 bits per heavy atom. The lowest BCUT2D eigenvalue weighted by atomic mass is 10.1. The number of benzene rings is 2. The van der Waals surface area contributed by atoms with Crippen LogP contribution < -0.4 is 4.74 Å². The Hall–Kier alpha value is -3.54. The van der Waals surface area contributed by atoms with Crippen molar-refractivity contribution < 1.29 is 18.7 Å². The summed E-state index contributed by atoms with van der Waals surface area (Å²) in [4.78, 5) is 29.3. The Labute approximate surface area is 189 Å². The number of para-hydroxylation sites is 1. The molecule has 32 heavy (non-hydrogen) atoms. The first kappa shape index (κ1) is 23.1. The first-order chi connectivity index (χ1) is 15.7. The van der Waals surface area contributed by atoms with Crippen molar-refractivity contribution in [3.8, 4) is 5.75 Å². The average molecular weight is 435 g/mol. The van der Waals surface area contributed by atoms with E-state index in [2.05, 4.69) is 0 Å². The van der Waals surface area contributed by atoms with E-state index in [-0.39, 0.29) is 25.0 Å². The number of nitrogens with zero attached hydrogens (tertiary/aromatic N) is 2. The second-order valence-corrected chi connectivity index (χ2v) is 7.55. The molecule has 0 radical (unpaired) electrons. The van der Waals surface area contributed by atoms with Crippen LogP contribution in [0.1, 0.15) is 24.7 Å². The highest BCUT2D eigenvalue weighted by molar-refractivity contribution is 5.85. The summed E-state index contributed by atoms with van der Waals surface area (Å²) in [5, 5.41) is 0. The lowest BCUT2D eigenvalue weighted by Gasteiger charge is -2.27. The maximum absolute atomic E-state index is 13.2. The van der Waals surface area contributed by atoms with Crippen LogP contribution in [0, 0.1) is 0 Å². The monoisotopic (exact) mass is 434 g/mol. The van der Waals surface area contributed by atoms with Crippen molar-refractivity contribution in [2.24, 2.45) is 0 Å². The van der Waals surface area contributed by atoms with Gasteiger partial charge in [0.1, 0.15) is 11.5 Å². The van der Waals surface area contributed by atoms with Crippen LogP contribution >= 0.6 is 0 Å². The summed E-state index contributed by atoms with van der Waals surface area (Å²) in [7, 11) is 0. The van der Waals surface area contributed by atoms with Gasteiger partial charge in [-0.2, -0.15) is 0 Å². The van der Waals surface area contributed by atoms with Crippen LogP contribution in [0.25, 0.3) is 0 Å². The van der Waals surface area contributed by atoms with Gasteiger partial charge in [-0.15, -0.1) is 0 Å². The second kappa shape index (κ2) is 12.3. The minimum absolute atomic E-state index is 0.0142. The first-order valence-electron chi connectivity index (χ1n) is 11.0. The van der Waals surface area contributed by atoms with Crippen LogP contribution in [0.2, 0.25) is 0 Å². The predicted molar refractivity (Wildman–Crippen MR) is 123 cm³/mol. The number of hydrogen-bond acceptors (Lipinski definition) is 4. The summed E-state index contributed by atoms with van der Waals surface area (Å²) >= 11 is 0. The van der Waals surface area contributed by atoms with Crippen molar-refractivity contribution in [3.05, 3.63) is 90.4 Å². The van der Waals surface area contributed by atoms with E-state index in [0.29, 0.717) is 31.1 Å². The van der Waals surface area contributed by atoms with E-state index in [9.17, 15) is 9.59 Å². The van der Waals surface area contributed by atoms with Gasteiger partial charge < -0.3 is 19.0 Å². The molecule has 0 atom stereocenters. The smallest absolute Gasteiger partial charge is 0.260 e. The third-order valence-corrected chi connectivity index (χ3v) is 5.07. The molecule has 0 saturated heterocycles. The van der Waals surface area contributed by atoms with Gasteiger partial charge in [-0.3, -0.25) is 9.59 Å². The minimum Gasteiger partial charge on any atom is -0.484 e. The van der Waals surface area contributed by atoms with E-state index < -0.39 is 0 Å². The Kier molecular flexibility index (Phi) is 8.92. The van der Waals surface area contributed by atoms with Gasteiger partial charge in [-0.25, -0.2) is 0 Å². The third kappa shape index (κ3) is 7.30. The molecule has 6 nitrogen and oxygen atoms in total. The number of amides is 2. The SMILES string of the molecule is CCCN(CC(=O)N(CCc1ccccc1)Cc1ccco1)C(=O)COc1ccccc1. The molecule has 2 amide bonds. The lowest BCUT2D eigenvalue weighted by Crippen LogP contribution is -2.45. The zero-order valence-corrected chi connectivity index (χ0v) is 18.5. The normalized spacial score (nSPS) is 10.5. The molecule has 0 bridgehead atoms. The molecule has 0 saturated carbocycles. The first-order valence-corrected chi connectivity index (χ1v) is 11.0. The topological polar surface area (TPSA) is 63.0 Å². The van der Waals surface area contributed by atoms with E-state index in [4.69, 9.17) is 9.15 Å². The van der Waals surface area contributed by atoms with Crippen LogP contribution in [0.3, 0.4) is 0 Å². The van der Waals surface area contributed by atoms with Gasteiger partial charge in [0.15, 0.2) is 6.61 Å². The quantitative estimate of drug-likeness (QED) is 0.429. The van der Waals surface area contributed by atoms with E-state index in [1.165, 1.54) is 0 Å². The van der Waals surface area contributed by atoms with E-state index in [0.717, 1.165) is 18.4 Å². The molecule has 0 unspecified atom stereocenters. The molecular weight excluding hydrogens is 404 g/mol. The fourth-order valence-corrected chi connectivity index (χ4v) is 3.37. The lowest BCUT2D eigenvalue weighted by molar-refractivity contribution is -0.142. The summed E-state index contributed by atoms with van der Waals surface area (Å²) < 4.78 is 11.1. The molecule has 0 fully saturated rings. The molecular formula is C26H30N2O4. The number of rotatable bonds is 12. The van der Waals surface area contributed by atoms with Gasteiger partial charge in [-0.1, -0.05) is 55.5 Å². The standard InChI is InChI=1S/C26H30N2O4/c1-2-16-27(26(30)21-32-23-12-7-4-8-13-23)20-25(29)28(19-24-14-9-18-31-24)17-15-22-10-5-3-6-11-22/h3-14,18H,2,15-17,19-21H2,1H3. The minimum atomic E-state index is -0.204. The maximum atomic E-state index is 13.2. The third-order valence-electron chi connectivity index (χ3n) is 5.07. The van der Waals surface area contributed by atoms with Crippen molar-refractivity contribution in [3.63, 3.8) is 0 Å². The zero-order valence-electron chi connectivity index (χ0n) is 18.5. The fourth-order valence-electron chi connectivity index (χ4n) is 3.37. The molecule has 0 spiro atoms. The fraction of sp³-hybridized carbons (Fsp3) is 0.308. The largest absolute Gasteiger partial charge is 0.484 e. The number of furan rings is 1. The Bertz CT molecular complexity index is 942. The molecule has 0 aliphatic carbocycles. The zero-order chi connectivity index (χ0) is 22.6. The highest BCUT2D eigenvalue weighted by atomic mass is 16.5. The predicted octanol–water partition coefficient (Wildman–Crippen LogP) is 4.17. The summed E-state index contributed by atoms with van der Waals surface area (Å²) in [5.41, 5.74) is 1.16. The molecule has 168 valence electrons.